The van der Waals surface area contributed by atoms with Crippen LogP contribution in [0, 0.1) is 45.3 Å². The maximum absolute atomic E-state index is 6.32. The van der Waals surface area contributed by atoms with Gasteiger partial charge in [0.15, 0.2) is 8.32 Å². The molecule has 0 aliphatic heterocycles. The van der Waals surface area contributed by atoms with Crippen molar-refractivity contribution in [1.29, 1.82) is 0 Å². The molecule has 0 spiro atoms. The molecule has 0 N–H and O–H groups in total. The van der Waals surface area contributed by atoms with Gasteiger partial charge in [0.1, 0.15) is 0 Å². The summed E-state index contributed by atoms with van der Waals surface area (Å²) in [6, 6.07) is 0.709. The van der Waals surface area contributed by atoms with Crippen molar-refractivity contribution in [2.45, 2.75) is 173 Å². The van der Waals surface area contributed by atoms with E-state index in [1.165, 1.54) is 60.8 Å². The fourth-order valence-corrected chi connectivity index (χ4v) is 8.69. The Kier molecular flexibility index (Phi) is 17.2. The maximum atomic E-state index is 6.32. The molecule has 2 saturated carbocycles. The normalized spacial score (nSPS) is 28.5. The molecule has 4 atom stereocenters. The van der Waals surface area contributed by atoms with Gasteiger partial charge in [0.25, 0.3) is 0 Å². The van der Waals surface area contributed by atoms with Crippen LogP contribution in [-0.2, 0) is 15.3 Å². The molecule has 2 rings (SSSR count). The third-order valence-electron chi connectivity index (χ3n) is 10.3. The van der Waals surface area contributed by atoms with Gasteiger partial charge in [-0.15, -0.1) is 0 Å². The first-order chi connectivity index (χ1) is 19.8. The summed E-state index contributed by atoms with van der Waals surface area (Å²) in [5.74, 6) is 2.40. The molecule has 0 saturated heterocycles. The van der Waals surface area contributed by atoms with Gasteiger partial charge in [-0.25, -0.2) is 0 Å². The molecule has 2 aliphatic rings. The SMILES string of the molecule is CC(=NC1C(C(C)(C)C)CCCC1C(C)(C)C)C(CCCO[Si](C)(C)C)=NC1C(C(C)(C)C)CCCC1C(C)(C)C.[Br][Ni][Br]. The molecule has 2 aliphatic carbocycles. The molecular formula is C37H72Br2N2NiOSi. The van der Waals surface area contributed by atoms with Crippen LogP contribution in [0.3, 0.4) is 0 Å². The molecule has 0 aromatic heterocycles. The summed E-state index contributed by atoms with van der Waals surface area (Å²) < 4.78 is 6.32. The van der Waals surface area contributed by atoms with Crippen molar-refractivity contribution in [3.8, 4) is 0 Å². The van der Waals surface area contributed by atoms with Crippen LogP contribution in [0.4, 0.5) is 0 Å². The monoisotopic (exact) mass is 804 g/mol. The predicted molar refractivity (Wildman–Crippen MR) is 204 cm³/mol. The average Bonchev–Trinajstić information content (AvgIpc) is 2.83. The summed E-state index contributed by atoms with van der Waals surface area (Å²) >= 11 is 6.00. The zero-order valence-electron chi connectivity index (χ0n) is 31.7. The minimum atomic E-state index is -1.54. The molecule has 2 fully saturated rings. The zero-order chi connectivity index (χ0) is 34.3. The zero-order valence-corrected chi connectivity index (χ0v) is 36.9. The number of halogens is 2. The van der Waals surface area contributed by atoms with Crippen LogP contribution in [0.2, 0.25) is 19.6 Å². The topological polar surface area (TPSA) is 34.0 Å². The number of rotatable bonds is 8. The summed E-state index contributed by atoms with van der Waals surface area (Å²) in [5, 5.41) is 0. The van der Waals surface area contributed by atoms with Crippen molar-refractivity contribution in [1.82, 2.24) is 0 Å². The fourth-order valence-electron chi connectivity index (χ4n) is 7.94. The Morgan fingerprint density at radius 1 is 0.659 bits per heavy atom. The Bertz CT molecular complexity index is 874. The van der Waals surface area contributed by atoms with E-state index in [-0.39, 0.29) is 21.7 Å². The second kappa shape index (κ2) is 17.6. The molecule has 4 unspecified atom stereocenters. The fraction of sp³-hybridized carbons (Fsp3) is 0.946. The van der Waals surface area contributed by atoms with Gasteiger partial charge in [-0.2, -0.15) is 0 Å². The molecule has 0 bridgehead atoms. The van der Waals surface area contributed by atoms with E-state index in [9.17, 15) is 0 Å². The van der Waals surface area contributed by atoms with Gasteiger partial charge in [0.05, 0.1) is 23.5 Å². The van der Waals surface area contributed by atoms with Gasteiger partial charge in [-0.05, 0) is 110 Å². The average molecular weight is 808 g/mol. The van der Waals surface area contributed by atoms with E-state index < -0.39 is 8.32 Å². The first-order valence-electron chi connectivity index (χ1n) is 17.4. The van der Waals surface area contributed by atoms with Crippen molar-refractivity contribution in [3.05, 3.63) is 0 Å². The van der Waals surface area contributed by atoms with Gasteiger partial charge in [0, 0.05) is 6.61 Å². The summed E-state index contributed by atoms with van der Waals surface area (Å²) in [6.45, 7) is 39.3. The standard InChI is InChI=1S/C37H72N2OSi.2BrH.Ni/c1-26(38-32-27(34(2,3)4)20-17-21-28(32)35(5,6)7)31(24-19-25-40-41(14,15)16)39-33-29(36(8,9)10)22-18-23-30(33)37(11,12)13;;;/h27-30,32-33H,17-25H2,1-16H3;2*1H;/q;;;+2/p-2. The number of nitrogens with zero attached hydrogens (tertiary/aromatic N) is 2. The molecule has 0 aromatic carbocycles. The first-order valence-corrected chi connectivity index (χ1v) is 25.7. The van der Waals surface area contributed by atoms with E-state index in [2.05, 4.69) is 138 Å². The van der Waals surface area contributed by atoms with Crippen molar-refractivity contribution in [2.75, 3.05) is 6.61 Å². The molecule has 3 nitrogen and oxygen atoms in total. The Balaban J connectivity index is 0.00000309. The Morgan fingerprint density at radius 2 is 0.977 bits per heavy atom. The molecule has 44 heavy (non-hydrogen) atoms. The van der Waals surface area contributed by atoms with Crippen molar-refractivity contribution < 1.29 is 15.3 Å². The van der Waals surface area contributed by atoms with Crippen LogP contribution in [0.1, 0.15) is 141 Å². The minimum absolute atomic E-state index is 0.243. The van der Waals surface area contributed by atoms with E-state index >= 15 is 0 Å². The molecule has 7 heteroatoms. The van der Waals surface area contributed by atoms with Crippen molar-refractivity contribution in [2.24, 2.45) is 55.3 Å². The van der Waals surface area contributed by atoms with Gasteiger partial charge in [-0.3, -0.25) is 9.98 Å². The van der Waals surface area contributed by atoms with Crippen LogP contribution < -0.4 is 0 Å². The van der Waals surface area contributed by atoms with Crippen molar-refractivity contribution >= 4 is 48.2 Å². The quantitative estimate of drug-likeness (QED) is 0.137. The molecular weight excluding hydrogens is 735 g/mol. The third-order valence-corrected chi connectivity index (χ3v) is 11.4. The molecule has 0 radical (unpaired) electrons. The van der Waals surface area contributed by atoms with E-state index in [0.29, 0.717) is 35.8 Å². The molecule has 0 amide bonds. The van der Waals surface area contributed by atoms with Crippen LogP contribution in [0.15, 0.2) is 9.98 Å². The van der Waals surface area contributed by atoms with E-state index in [1.54, 1.807) is 0 Å². The van der Waals surface area contributed by atoms with E-state index in [1.807, 2.05) is 0 Å². The summed E-state index contributed by atoms with van der Waals surface area (Å²) in [7, 11) is -0.286. The van der Waals surface area contributed by atoms with Crippen LogP contribution in [-0.4, -0.2) is 38.4 Å². The Morgan fingerprint density at radius 3 is 1.27 bits per heavy atom. The van der Waals surface area contributed by atoms with Crippen LogP contribution in [0.25, 0.3) is 0 Å². The Labute approximate surface area is 296 Å². The van der Waals surface area contributed by atoms with Crippen LogP contribution in [0.5, 0.6) is 0 Å². The first kappa shape index (κ1) is 43.0. The van der Waals surface area contributed by atoms with Crippen LogP contribution >= 0.6 is 28.5 Å². The van der Waals surface area contributed by atoms with Gasteiger partial charge >= 0.3 is 39.3 Å². The summed E-state index contributed by atoms with van der Waals surface area (Å²) in [4.78, 5) is 11.6. The van der Waals surface area contributed by atoms with Gasteiger partial charge in [-0.1, -0.05) is 95.9 Å². The molecule has 0 aromatic rings. The second-order valence-electron chi connectivity index (χ2n) is 19.1. The number of hydrogen-bond acceptors (Lipinski definition) is 3. The second-order valence-corrected chi connectivity index (χ2v) is 28.6. The van der Waals surface area contributed by atoms with E-state index in [0.717, 1.165) is 19.4 Å². The Hall–Kier alpha value is 0.970. The van der Waals surface area contributed by atoms with E-state index in [4.69, 9.17) is 14.4 Å². The van der Waals surface area contributed by atoms with Crippen molar-refractivity contribution in [3.63, 3.8) is 0 Å². The summed E-state index contributed by atoms with van der Waals surface area (Å²) in [5.41, 5.74) is 3.46. The number of aliphatic imine (C=N–C) groups is 2. The summed E-state index contributed by atoms with van der Waals surface area (Å²) in [6.07, 6.45) is 9.79. The molecule has 264 valence electrons. The predicted octanol–water partition coefficient (Wildman–Crippen LogP) is 13.0. The third kappa shape index (κ3) is 14.2. The van der Waals surface area contributed by atoms with Gasteiger partial charge < -0.3 is 4.43 Å². The molecule has 0 heterocycles. The van der Waals surface area contributed by atoms with Gasteiger partial charge in [0.2, 0.25) is 0 Å². The number of hydrogen-bond donors (Lipinski definition) is 0.